The molecule has 0 aliphatic carbocycles. The second-order valence-corrected chi connectivity index (χ2v) is 6.96. The highest BCUT2D eigenvalue weighted by Crippen LogP contribution is 2.15. The molecule has 134 valence electrons. The molecule has 1 fully saturated rings. The Morgan fingerprint density at radius 1 is 0.846 bits per heavy atom. The number of carbonyl (C=O) groups excluding carboxylic acids is 1. The average Bonchev–Trinajstić information content (AvgIpc) is 3.10. The summed E-state index contributed by atoms with van der Waals surface area (Å²) >= 11 is 0. The third-order valence-corrected chi connectivity index (χ3v) is 5.27. The first-order valence-electron chi connectivity index (χ1n) is 9.37. The largest absolute Gasteiger partial charge is 0.339 e. The summed E-state index contributed by atoms with van der Waals surface area (Å²) in [7, 11) is 0. The summed E-state index contributed by atoms with van der Waals surface area (Å²) in [5.41, 5.74) is 2.51. The lowest BCUT2D eigenvalue weighted by Crippen LogP contribution is -2.49. The molecule has 2 heterocycles. The van der Waals surface area contributed by atoms with Crippen LogP contribution in [0.2, 0.25) is 0 Å². The van der Waals surface area contributed by atoms with Crippen molar-refractivity contribution in [1.82, 2.24) is 14.4 Å². The van der Waals surface area contributed by atoms with Crippen molar-refractivity contribution in [3.8, 4) is 0 Å². The van der Waals surface area contributed by atoms with E-state index in [2.05, 4.69) is 58.0 Å². The van der Waals surface area contributed by atoms with Gasteiger partial charge in [0.2, 0.25) is 5.91 Å². The number of nitrogens with zero attached hydrogens (tertiary/aromatic N) is 3. The maximum atomic E-state index is 12.7. The standard InChI is InChI=1S/C22H25N3O/c26-22(18-25-13-11-20-8-4-5-9-21(20)25)24-16-14-23(15-17-24)12-10-19-6-2-1-3-7-19/h1-9,11,13H,10,12,14-18H2. The molecule has 1 aromatic heterocycles. The van der Waals surface area contributed by atoms with Gasteiger partial charge in [-0.05, 0) is 29.5 Å². The molecule has 0 saturated carbocycles. The molecule has 0 N–H and O–H groups in total. The van der Waals surface area contributed by atoms with Gasteiger partial charge in [0.1, 0.15) is 6.54 Å². The Morgan fingerprint density at radius 2 is 1.58 bits per heavy atom. The maximum absolute atomic E-state index is 12.7. The molecule has 26 heavy (non-hydrogen) atoms. The Kier molecular flexibility index (Phi) is 5.02. The zero-order chi connectivity index (χ0) is 17.8. The average molecular weight is 347 g/mol. The predicted molar refractivity (Wildman–Crippen MR) is 105 cm³/mol. The van der Waals surface area contributed by atoms with Crippen LogP contribution < -0.4 is 0 Å². The lowest BCUT2D eigenvalue weighted by Gasteiger charge is -2.35. The minimum absolute atomic E-state index is 0.217. The van der Waals surface area contributed by atoms with Crippen molar-refractivity contribution in [1.29, 1.82) is 0 Å². The van der Waals surface area contributed by atoms with Gasteiger partial charge < -0.3 is 9.47 Å². The monoisotopic (exact) mass is 347 g/mol. The van der Waals surface area contributed by atoms with Gasteiger partial charge in [0.25, 0.3) is 0 Å². The van der Waals surface area contributed by atoms with E-state index in [-0.39, 0.29) is 5.91 Å². The van der Waals surface area contributed by atoms with E-state index in [0.717, 1.165) is 44.7 Å². The van der Waals surface area contributed by atoms with Crippen molar-refractivity contribution in [2.75, 3.05) is 32.7 Å². The molecule has 1 saturated heterocycles. The van der Waals surface area contributed by atoms with Gasteiger partial charge in [0, 0.05) is 44.4 Å². The van der Waals surface area contributed by atoms with Gasteiger partial charge in [-0.15, -0.1) is 0 Å². The Bertz CT molecular complexity index is 863. The Hall–Kier alpha value is -2.59. The second-order valence-electron chi connectivity index (χ2n) is 6.96. The molecule has 0 atom stereocenters. The maximum Gasteiger partial charge on any atom is 0.242 e. The van der Waals surface area contributed by atoms with E-state index in [1.54, 1.807) is 0 Å². The number of rotatable bonds is 5. The second kappa shape index (κ2) is 7.75. The molecule has 4 heteroatoms. The number of carbonyl (C=O) groups is 1. The van der Waals surface area contributed by atoms with Crippen LogP contribution in [0.15, 0.2) is 66.9 Å². The Balaban J connectivity index is 1.28. The molecule has 3 aromatic rings. The van der Waals surface area contributed by atoms with Gasteiger partial charge in [0.05, 0.1) is 0 Å². The molecule has 1 amide bonds. The lowest BCUT2D eigenvalue weighted by atomic mass is 10.1. The number of para-hydroxylation sites is 1. The van der Waals surface area contributed by atoms with Crippen molar-refractivity contribution < 1.29 is 4.79 Å². The zero-order valence-electron chi connectivity index (χ0n) is 15.1. The van der Waals surface area contributed by atoms with Crippen LogP contribution in [0.3, 0.4) is 0 Å². The smallest absolute Gasteiger partial charge is 0.242 e. The van der Waals surface area contributed by atoms with Crippen molar-refractivity contribution in [2.24, 2.45) is 0 Å². The van der Waals surface area contributed by atoms with Crippen LogP contribution in [0.4, 0.5) is 0 Å². The first-order chi connectivity index (χ1) is 12.8. The van der Waals surface area contributed by atoms with Crippen LogP contribution in [-0.4, -0.2) is 53.0 Å². The van der Waals surface area contributed by atoms with Crippen molar-refractivity contribution in [3.05, 3.63) is 72.4 Å². The summed E-state index contributed by atoms with van der Waals surface area (Å²) in [4.78, 5) is 17.1. The molecule has 0 bridgehead atoms. The summed E-state index contributed by atoms with van der Waals surface area (Å²) < 4.78 is 2.06. The number of benzene rings is 2. The Morgan fingerprint density at radius 3 is 2.38 bits per heavy atom. The van der Waals surface area contributed by atoms with Crippen LogP contribution in [0.25, 0.3) is 10.9 Å². The number of hydrogen-bond acceptors (Lipinski definition) is 2. The fourth-order valence-corrected chi connectivity index (χ4v) is 3.68. The summed E-state index contributed by atoms with van der Waals surface area (Å²) in [6.07, 6.45) is 3.09. The Labute approximate surface area is 154 Å². The van der Waals surface area contributed by atoms with E-state index >= 15 is 0 Å². The van der Waals surface area contributed by atoms with E-state index in [0.29, 0.717) is 6.54 Å². The van der Waals surface area contributed by atoms with Crippen LogP contribution in [0.1, 0.15) is 5.56 Å². The van der Waals surface area contributed by atoms with E-state index in [1.165, 1.54) is 10.9 Å². The molecule has 4 nitrogen and oxygen atoms in total. The fraction of sp³-hybridized carbons (Fsp3) is 0.318. The molecule has 0 spiro atoms. The van der Waals surface area contributed by atoms with Gasteiger partial charge in [0.15, 0.2) is 0 Å². The van der Waals surface area contributed by atoms with Gasteiger partial charge in [-0.1, -0.05) is 48.5 Å². The molecule has 0 radical (unpaired) electrons. The number of hydrogen-bond donors (Lipinski definition) is 0. The third-order valence-electron chi connectivity index (χ3n) is 5.27. The summed E-state index contributed by atoms with van der Waals surface area (Å²) in [6.45, 7) is 5.07. The normalized spacial score (nSPS) is 15.5. The lowest BCUT2D eigenvalue weighted by molar-refractivity contribution is -0.133. The van der Waals surface area contributed by atoms with Crippen LogP contribution >= 0.6 is 0 Å². The molecule has 4 rings (SSSR count). The van der Waals surface area contributed by atoms with E-state index in [4.69, 9.17) is 0 Å². The van der Waals surface area contributed by atoms with Gasteiger partial charge in [-0.25, -0.2) is 0 Å². The number of fused-ring (bicyclic) bond motifs is 1. The number of piperazine rings is 1. The minimum atomic E-state index is 0.217. The molecular weight excluding hydrogens is 322 g/mol. The first-order valence-corrected chi connectivity index (χ1v) is 9.37. The third kappa shape index (κ3) is 3.81. The van der Waals surface area contributed by atoms with E-state index in [1.807, 2.05) is 23.2 Å². The van der Waals surface area contributed by atoms with Crippen molar-refractivity contribution in [3.63, 3.8) is 0 Å². The quantitative estimate of drug-likeness (QED) is 0.710. The predicted octanol–water partition coefficient (Wildman–Crippen LogP) is 3.03. The fourth-order valence-electron chi connectivity index (χ4n) is 3.68. The molecule has 1 aliphatic rings. The molecule has 0 unspecified atom stereocenters. The SMILES string of the molecule is O=C(Cn1ccc2ccccc21)N1CCN(CCc2ccccc2)CC1. The number of aromatic nitrogens is 1. The molecular formula is C22H25N3O. The molecule has 1 aliphatic heterocycles. The van der Waals surface area contributed by atoms with E-state index < -0.39 is 0 Å². The topological polar surface area (TPSA) is 28.5 Å². The minimum Gasteiger partial charge on any atom is -0.339 e. The van der Waals surface area contributed by atoms with Crippen molar-refractivity contribution >= 4 is 16.8 Å². The summed E-state index contributed by atoms with van der Waals surface area (Å²) in [5.74, 6) is 0.217. The summed E-state index contributed by atoms with van der Waals surface area (Å²) in [5, 5.41) is 1.19. The first kappa shape index (κ1) is 16.9. The van der Waals surface area contributed by atoms with Gasteiger partial charge >= 0.3 is 0 Å². The van der Waals surface area contributed by atoms with Crippen molar-refractivity contribution in [2.45, 2.75) is 13.0 Å². The van der Waals surface area contributed by atoms with Crippen LogP contribution in [0.5, 0.6) is 0 Å². The highest BCUT2D eigenvalue weighted by Gasteiger charge is 2.21. The van der Waals surface area contributed by atoms with Crippen LogP contribution in [0, 0.1) is 0 Å². The van der Waals surface area contributed by atoms with Crippen LogP contribution in [-0.2, 0) is 17.8 Å². The van der Waals surface area contributed by atoms with Gasteiger partial charge in [-0.3, -0.25) is 9.69 Å². The van der Waals surface area contributed by atoms with E-state index in [9.17, 15) is 4.79 Å². The van der Waals surface area contributed by atoms with Gasteiger partial charge in [-0.2, -0.15) is 0 Å². The highest BCUT2D eigenvalue weighted by molar-refractivity contribution is 5.83. The molecule has 2 aromatic carbocycles. The summed E-state index contributed by atoms with van der Waals surface area (Å²) in [6, 6.07) is 20.9. The zero-order valence-corrected chi connectivity index (χ0v) is 15.1. The highest BCUT2D eigenvalue weighted by atomic mass is 16.2. The number of amides is 1.